The van der Waals surface area contributed by atoms with E-state index < -0.39 is 23.8 Å². The molecule has 1 aliphatic rings. The van der Waals surface area contributed by atoms with Crippen molar-refractivity contribution in [3.05, 3.63) is 59.7 Å². The van der Waals surface area contributed by atoms with Gasteiger partial charge >= 0.3 is 0 Å². The highest BCUT2D eigenvalue weighted by Crippen LogP contribution is 2.40. The summed E-state index contributed by atoms with van der Waals surface area (Å²) in [6, 6.07) is 10.1. The summed E-state index contributed by atoms with van der Waals surface area (Å²) in [6.07, 6.45) is -0.210. The van der Waals surface area contributed by atoms with Gasteiger partial charge in [-0.05, 0) is 36.2 Å². The Bertz CT molecular complexity index is 814. The van der Waals surface area contributed by atoms with Gasteiger partial charge in [-0.2, -0.15) is 0 Å². The lowest BCUT2D eigenvalue weighted by Crippen LogP contribution is -2.61. The Morgan fingerprint density at radius 2 is 1.78 bits per heavy atom. The lowest BCUT2D eigenvalue weighted by molar-refractivity contribution is -0.164. The van der Waals surface area contributed by atoms with Crippen molar-refractivity contribution in [2.75, 3.05) is 27.4 Å². The highest BCUT2D eigenvalue weighted by Gasteiger charge is 2.50. The van der Waals surface area contributed by atoms with E-state index in [4.69, 9.17) is 14.2 Å². The van der Waals surface area contributed by atoms with Gasteiger partial charge in [-0.3, -0.25) is 4.79 Å². The summed E-state index contributed by atoms with van der Waals surface area (Å²) in [6.45, 7) is 0.925. The van der Waals surface area contributed by atoms with Crippen molar-refractivity contribution in [3.8, 4) is 11.5 Å². The fraction of sp³-hybridized carbons (Fsp3) is 0.350. The molecule has 0 spiro atoms. The molecule has 0 aromatic heterocycles. The number of nitrogens with zero attached hydrogens (tertiary/aromatic N) is 1. The van der Waals surface area contributed by atoms with Crippen LogP contribution in [-0.2, 0) is 9.53 Å². The number of methoxy groups -OCH3 is 2. The number of carbonyl (C=O) groups is 1. The van der Waals surface area contributed by atoms with Crippen LogP contribution in [0.25, 0.3) is 0 Å². The average Bonchev–Trinajstić information content (AvgIpc) is 2.68. The maximum absolute atomic E-state index is 13.7. The SMILES string of the molecule is COCCCN1C(=O)[C@H](Oc2ccccc2OC)[C@@H]1c1ccc(F)c(F)c1. The second-order valence-corrected chi connectivity index (χ2v) is 6.19. The molecule has 7 heteroatoms. The van der Waals surface area contributed by atoms with Crippen molar-refractivity contribution in [3.63, 3.8) is 0 Å². The van der Waals surface area contributed by atoms with Crippen LogP contribution in [0.4, 0.5) is 8.78 Å². The summed E-state index contributed by atoms with van der Waals surface area (Å²) in [5.74, 6) is -1.20. The molecule has 0 bridgehead atoms. The molecular formula is C20H21F2NO4. The number of hydrogen-bond acceptors (Lipinski definition) is 4. The van der Waals surface area contributed by atoms with E-state index in [9.17, 15) is 13.6 Å². The fourth-order valence-corrected chi connectivity index (χ4v) is 3.16. The molecule has 0 N–H and O–H groups in total. The van der Waals surface area contributed by atoms with Crippen LogP contribution in [0, 0.1) is 11.6 Å². The molecule has 0 saturated carbocycles. The number of β-lactam (4-membered cyclic amide) rings is 1. The van der Waals surface area contributed by atoms with Gasteiger partial charge < -0.3 is 19.1 Å². The normalized spacial score (nSPS) is 19.0. The molecule has 2 atom stereocenters. The number of hydrogen-bond donors (Lipinski definition) is 0. The third-order valence-electron chi connectivity index (χ3n) is 4.50. The summed E-state index contributed by atoms with van der Waals surface area (Å²) in [5.41, 5.74) is 0.478. The van der Waals surface area contributed by atoms with Crippen molar-refractivity contribution in [2.24, 2.45) is 0 Å². The Hall–Kier alpha value is -2.67. The maximum Gasteiger partial charge on any atom is 0.266 e. The van der Waals surface area contributed by atoms with Gasteiger partial charge in [-0.1, -0.05) is 18.2 Å². The zero-order valence-electron chi connectivity index (χ0n) is 15.2. The van der Waals surface area contributed by atoms with Crippen molar-refractivity contribution in [1.82, 2.24) is 4.90 Å². The zero-order valence-corrected chi connectivity index (χ0v) is 15.2. The minimum absolute atomic E-state index is 0.216. The fourth-order valence-electron chi connectivity index (χ4n) is 3.16. The number of benzene rings is 2. The molecule has 1 fully saturated rings. The first-order valence-electron chi connectivity index (χ1n) is 8.61. The van der Waals surface area contributed by atoms with Gasteiger partial charge in [0.15, 0.2) is 23.1 Å². The number of para-hydroxylation sites is 2. The maximum atomic E-state index is 13.7. The molecule has 144 valence electrons. The van der Waals surface area contributed by atoms with E-state index in [-0.39, 0.29) is 5.91 Å². The molecule has 5 nitrogen and oxygen atoms in total. The van der Waals surface area contributed by atoms with Gasteiger partial charge in [-0.15, -0.1) is 0 Å². The van der Waals surface area contributed by atoms with Crippen LogP contribution in [0.3, 0.4) is 0 Å². The molecule has 1 amide bonds. The summed E-state index contributed by atoms with van der Waals surface area (Å²) < 4.78 is 43.3. The van der Waals surface area contributed by atoms with Gasteiger partial charge in [0.25, 0.3) is 5.91 Å². The molecule has 0 radical (unpaired) electrons. The number of rotatable bonds is 8. The van der Waals surface area contributed by atoms with Crippen LogP contribution >= 0.6 is 0 Å². The van der Waals surface area contributed by atoms with Crippen LogP contribution in [0.2, 0.25) is 0 Å². The van der Waals surface area contributed by atoms with Crippen molar-refractivity contribution < 1.29 is 27.8 Å². The van der Waals surface area contributed by atoms with E-state index in [1.165, 1.54) is 13.2 Å². The van der Waals surface area contributed by atoms with Crippen LogP contribution < -0.4 is 9.47 Å². The smallest absolute Gasteiger partial charge is 0.266 e. The predicted molar refractivity (Wildman–Crippen MR) is 94.7 cm³/mol. The van der Waals surface area contributed by atoms with Gasteiger partial charge in [-0.25, -0.2) is 8.78 Å². The van der Waals surface area contributed by atoms with Gasteiger partial charge in [0.1, 0.15) is 6.04 Å². The first kappa shape index (κ1) is 19.1. The summed E-state index contributed by atoms with van der Waals surface area (Å²) in [7, 11) is 3.09. The summed E-state index contributed by atoms with van der Waals surface area (Å²) >= 11 is 0. The lowest BCUT2D eigenvalue weighted by atomic mass is 9.90. The number of likely N-dealkylation sites (tertiary alicyclic amines) is 1. The Kier molecular flexibility index (Phi) is 5.91. The second-order valence-electron chi connectivity index (χ2n) is 6.19. The minimum Gasteiger partial charge on any atom is -0.493 e. The van der Waals surface area contributed by atoms with Gasteiger partial charge in [0.05, 0.1) is 7.11 Å². The first-order valence-corrected chi connectivity index (χ1v) is 8.61. The predicted octanol–water partition coefficient (Wildman–Crippen LogP) is 3.34. The lowest BCUT2D eigenvalue weighted by Gasteiger charge is -2.47. The summed E-state index contributed by atoms with van der Waals surface area (Å²) in [4.78, 5) is 14.2. The zero-order chi connectivity index (χ0) is 19.4. The van der Waals surface area contributed by atoms with E-state index in [1.807, 2.05) is 0 Å². The van der Waals surface area contributed by atoms with E-state index >= 15 is 0 Å². The van der Waals surface area contributed by atoms with E-state index in [1.54, 1.807) is 36.3 Å². The Morgan fingerprint density at radius 3 is 2.44 bits per heavy atom. The van der Waals surface area contributed by atoms with Gasteiger partial charge in [0, 0.05) is 20.3 Å². The van der Waals surface area contributed by atoms with Crippen molar-refractivity contribution in [2.45, 2.75) is 18.6 Å². The molecule has 3 rings (SSSR count). The second kappa shape index (κ2) is 8.35. The number of ether oxygens (including phenoxy) is 3. The molecule has 0 unspecified atom stereocenters. The molecule has 27 heavy (non-hydrogen) atoms. The molecule has 2 aromatic carbocycles. The monoisotopic (exact) mass is 377 g/mol. The van der Waals surface area contributed by atoms with Crippen molar-refractivity contribution in [1.29, 1.82) is 0 Å². The highest BCUT2D eigenvalue weighted by atomic mass is 19.2. The molecule has 1 aliphatic heterocycles. The van der Waals surface area contributed by atoms with Gasteiger partial charge in [0.2, 0.25) is 6.10 Å². The van der Waals surface area contributed by atoms with E-state index in [0.717, 1.165) is 12.1 Å². The molecular weight excluding hydrogens is 356 g/mol. The van der Waals surface area contributed by atoms with Crippen LogP contribution in [0.15, 0.2) is 42.5 Å². The van der Waals surface area contributed by atoms with Crippen molar-refractivity contribution >= 4 is 5.91 Å². The highest BCUT2D eigenvalue weighted by molar-refractivity contribution is 5.89. The van der Waals surface area contributed by atoms with Crippen LogP contribution in [0.5, 0.6) is 11.5 Å². The summed E-state index contributed by atoms with van der Waals surface area (Å²) in [5, 5.41) is 0. The van der Waals surface area contributed by atoms with E-state index in [0.29, 0.717) is 36.6 Å². The number of halogens is 2. The molecule has 1 heterocycles. The molecule has 0 aliphatic carbocycles. The average molecular weight is 377 g/mol. The molecule has 1 saturated heterocycles. The third-order valence-corrected chi connectivity index (χ3v) is 4.50. The first-order chi connectivity index (χ1) is 13.1. The van der Waals surface area contributed by atoms with E-state index in [2.05, 4.69) is 0 Å². The quantitative estimate of drug-likeness (QED) is 0.523. The minimum atomic E-state index is -0.959. The molecule has 2 aromatic rings. The Balaban J connectivity index is 1.86. The Labute approximate surface area is 156 Å². The largest absolute Gasteiger partial charge is 0.493 e. The van der Waals surface area contributed by atoms with Crippen LogP contribution in [0.1, 0.15) is 18.0 Å². The number of amides is 1. The number of carbonyl (C=O) groups excluding carboxylic acids is 1. The Morgan fingerprint density at radius 1 is 1.04 bits per heavy atom. The van der Waals surface area contributed by atoms with Crippen LogP contribution in [-0.4, -0.2) is 44.3 Å². The topological polar surface area (TPSA) is 48.0 Å². The standard InChI is InChI=1S/C20H21F2NO4/c1-25-11-5-10-23-18(13-8-9-14(21)15(22)12-13)19(20(23)24)27-17-7-4-3-6-16(17)26-2/h3-4,6-9,12,18-19H,5,10-11H2,1-2H3/t18-,19+/m0/s1. The third kappa shape index (κ3) is 3.88.